The number of carbonyl (C=O) groups excluding carboxylic acids is 2. The number of rotatable bonds is 4. The summed E-state index contributed by atoms with van der Waals surface area (Å²) >= 11 is 0. The van der Waals surface area contributed by atoms with E-state index >= 15 is 0 Å². The molecule has 3 aliphatic heterocycles. The second-order valence-electron chi connectivity index (χ2n) is 6.26. The average molecular weight is 312 g/mol. The van der Waals surface area contributed by atoms with Gasteiger partial charge >= 0.3 is 0 Å². The number of benzene rings is 1. The molecule has 0 radical (unpaired) electrons. The Hall–Kier alpha value is -2.10. The van der Waals surface area contributed by atoms with Crippen LogP contribution < -0.4 is 0 Å². The van der Waals surface area contributed by atoms with Crippen LogP contribution in [-0.4, -0.2) is 47.7 Å². The first-order valence-electron chi connectivity index (χ1n) is 8.50. The molecule has 3 saturated heterocycles. The zero-order chi connectivity index (χ0) is 16.4. The van der Waals surface area contributed by atoms with E-state index in [0.717, 1.165) is 24.2 Å². The average Bonchev–Trinajstić information content (AvgIpc) is 2.59. The van der Waals surface area contributed by atoms with E-state index in [1.165, 1.54) is 0 Å². The molecule has 0 aromatic heterocycles. The molecule has 3 aliphatic rings. The monoisotopic (exact) mass is 312 g/mol. The third kappa shape index (κ3) is 2.90. The molecular formula is C19H24N2O2. The zero-order valence-electron chi connectivity index (χ0n) is 13.9. The van der Waals surface area contributed by atoms with Crippen LogP contribution in [0.3, 0.4) is 0 Å². The predicted octanol–water partition coefficient (Wildman–Crippen LogP) is 2.42. The summed E-state index contributed by atoms with van der Waals surface area (Å²) in [4.78, 5) is 29.5. The lowest BCUT2D eigenvalue weighted by molar-refractivity contribution is -0.146. The number of allylic oxidation sites excluding steroid dienone is 1. The lowest BCUT2D eigenvalue weighted by Gasteiger charge is -2.46. The van der Waals surface area contributed by atoms with Crippen LogP contribution in [0.15, 0.2) is 36.0 Å². The first-order valence-corrected chi connectivity index (χ1v) is 8.50. The summed E-state index contributed by atoms with van der Waals surface area (Å²) < 4.78 is 0. The van der Waals surface area contributed by atoms with Crippen LogP contribution in [0.5, 0.6) is 0 Å². The van der Waals surface area contributed by atoms with Gasteiger partial charge < -0.3 is 9.80 Å². The minimum Gasteiger partial charge on any atom is -0.368 e. The number of hydrogen-bond acceptors (Lipinski definition) is 3. The molecule has 4 nitrogen and oxygen atoms in total. The molecule has 3 heterocycles. The highest BCUT2D eigenvalue weighted by molar-refractivity contribution is 6.04. The topological polar surface area (TPSA) is 40.6 Å². The van der Waals surface area contributed by atoms with Gasteiger partial charge in [-0.05, 0) is 31.9 Å². The highest BCUT2D eigenvalue weighted by Gasteiger charge is 2.46. The van der Waals surface area contributed by atoms with Gasteiger partial charge in [0.1, 0.15) is 0 Å². The van der Waals surface area contributed by atoms with Crippen LogP contribution in [0.25, 0.3) is 6.08 Å². The molecule has 0 N–H and O–H groups in total. The van der Waals surface area contributed by atoms with E-state index in [2.05, 4.69) is 4.90 Å². The normalized spacial score (nSPS) is 25.0. The third-order valence-corrected chi connectivity index (χ3v) is 5.04. The number of piperidine rings is 3. The summed E-state index contributed by atoms with van der Waals surface area (Å²) in [6.45, 7) is 6.94. The van der Waals surface area contributed by atoms with Crippen LogP contribution in [-0.2, 0) is 9.59 Å². The fourth-order valence-corrected chi connectivity index (χ4v) is 3.72. The van der Waals surface area contributed by atoms with Gasteiger partial charge in [0, 0.05) is 32.1 Å². The van der Waals surface area contributed by atoms with Crippen molar-refractivity contribution in [3.05, 3.63) is 41.6 Å². The van der Waals surface area contributed by atoms with E-state index in [4.69, 9.17) is 0 Å². The Balaban J connectivity index is 1.83. The largest absolute Gasteiger partial charge is 0.368 e. The Labute approximate surface area is 137 Å². The Morgan fingerprint density at radius 3 is 2.57 bits per heavy atom. The van der Waals surface area contributed by atoms with Gasteiger partial charge in [-0.3, -0.25) is 9.59 Å². The molecule has 3 fully saturated rings. The summed E-state index contributed by atoms with van der Waals surface area (Å²) in [6, 6.07) is 9.92. The van der Waals surface area contributed by atoms with Crippen molar-refractivity contribution in [2.75, 3.05) is 26.2 Å². The molecule has 2 bridgehead atoms. The summed E-state index contributed by atoms with van der Waals surface area (Å²) in [7, 11) is 0. The summed E-state index contributed by atoms with van der Waals surface area (Å²) in [5.41, 5.74) is 1.81. The number of fused-ring (bicyclic) bond motifs is 3. The second kappa shape index (κ2) is 6.57. The third-order valence-electron chi connectivity index (χ3n) is 5.04. The van der Waals surface area contributed by atoms with Crippen LogP contribution >= 0.6 is 0 Å². The molecule has 23 heavy (non-hydrogen) atoms. The molecular weight excluding hydrogens is 288 g/mol. The fraction of sp³-hybridized carbons (Fsp3) is 0.474. The predicted molar refractivity (Wildman–Crippen MR) is 90.5 cm³/mol. The molecule has 4 heteroatoms. The molecule has 0 aliphatic carbocycles. The van der Waals surface area contributed by atoms with Crippen LogP contribution in [0.1, 0.15) is 25.8 Å². The lowest BCUT2D eigenvalue weighted by Crippen LogP contribution is -2.56. The maximum atomic E-state index is 12.8. The van der Waals surface area contributed by atoms with Crippen molar-refractivity contribution in [3.63, 3.8) is 0 Å². The van der Waals surface area contributed by atoms with Crippen molar-refractivity contribution >= 4 is 17.8 Å². The van der Waals surface area contributed by atoms with Crippen molar-refractivity contribution in [1.82, 2.24) is 9.80 Å². The first-order chi connectivity index (χ1) is 11.2. The first kappa shape index (κ1) is 15.8. The number of carbonyl (C=O) groups is 2. The van der Waals surface area contributed by atoms with Gasteiger partial charge in [0.15, 0.2) is 5.78 Å². The Kier molecular flexibility index (Phi) is 4.51. The Bertz CT molecular complexity index is 620. The number of nitrogens with zero attached hydrogens (tertiary/aromatic N) is 2. The quantitative estimate of drug-likeness (QED) is 0.802. The standard InChI is InChI=1S/C19H24N2O2/c1-3-20(4-2)19(23)16-13-21-11-10-15(16)18(22)17(21)12-14-8-6-5-7-9-14/h5-9,12,15-16H,3-4,10-11,13H2,1-2H3. The molecule has 1 aromatic rings. The van der Waals surface area contributed by atoms with E-state index in [-0.39, 0.29) is 23.5 Å². The van der Waals surface area contributed by atoms with Crippen molar-refractivity contribution in [3.8, 4) is 0 Å². The van der Waals surface area contributed by atoms with E-state index in [1.807, 2.05) is 55.2 Å². The Morgan fingerprint density at radius 1 is 1.26 bits per heavy atom. The maximum Gasteiger partial charge on any atom is 0.228 e. The molecule has 1 aromatic carbocycles. The van der Waals surface area contributed by atoms with E-state index in [1.54, 1.807) is 0 Å². The second-order valence-corrected chi connectivity index (χ2v) is 6.26. The zero-order valence-corrected chi connectivity index (χ0v) is 13.9. The van der Waals surface area contributed by atoms with Crippen LogP contribution in [0.2, 0.25) is 0 Å². The van der Waals surface area contributed by atoms with Crippen LogP contribution in [0.4, 0.5) is 0 Å². The van der Waals surface area contributed by atoms with E-state index in [0.29, 0.717) is 19.6 Å². The van der Waals surface area contributed by atoms with Gasteiger partial charge in [-0.2, -0.15) is 0 Å². The highest BCUT2D eigenvalue weighted by atomic mass is 16.2. The van der Waals surface area contributed by atoms with Gasteiger partial charge in [0.25, 0.3) is 0 Å². The summed E-state index contributed by atoms with van der Waals surface area (Å²) in [5, 5.41) is 0. The molecule has 4 rings (SSSR count). The van der Waals surface area contributed by atoms with Crippen molar-refractivity contribution < 1.29 is 9.59 Å². The van der Waals surface area contributed by atoms with Crippen molar-refractivity contribution in [2.24, 2.45) is 11.8 Å². The van der Waals surface area contributed by atoms with Gasteiger partial charge in [-0.15, -0.1) is 0 Å². The van der Waals surface area contributed by atoms with Gasteiger partial charge in [-0.25, -0.2) is 0 Å². The van der Waals surface area contributed by atoms with Crippen molar-refractivity contribution in [2.45, 2.75) is 20.3 Å². The molecule has 2 atom stereocenters. The minimum atomic E-state index is -0.177. The van der Waals surface area contributed by atoms with Crippen molar-refractivity contribution in [1.29, 1.82) is 0 Å². The van der Waals surface area contributed by atoms with Gasteiger partial charge in [0.05, 0.1) is 11.6 Å². The summed E-state index contributed by atoms with van der Waals surface area (Å²) in [5.74, 6) is -0.0548. The molecule has 1 amide bonds. The minimum absolute atomic E-state index is 0.136. The summed E-state index contributed by atoms with van der Waals surface area (Å²) in [6.07, 6.45) is 2.76. The highest BCUT2D eigenvalue weighted by Crippen LogP contribution is 2.37. The lowest BCUT2D eigenvalue weighted by atomic mass is 9.75. The number of ketones is 1. The maximum absolute atomic E-state index is 12.8. The molecule has 122 valence electrons. The smallest absolute Gasteiger partial charge is 0.228 e. The van der Waals surface area contributed by atoms with Crippen LogP contribution in [0, 0.1) is 11.8 Å². The fourth-order valence-electron chi connectivity index (χ4n) is 3.72. The molecule has 0 saturated carbocycles. The Morgan fingerprint density at radius 2 is 1.96 bits per heavy atom. The molecule has 2 unspecified atom stereocenters. The SMILES string of the molecule is CCN(CC)C(=O)C1CN2CCC1C(=O)C2=Cc1ccccc1. The van der Waals surface area contributed by atoms with E-state index in [9.17, 15) is 9.59 Å². The van der Waals surface area contributed by atoms with Gasteiger partial charge in [0.2, 0.25) is 5.91 Å². The van der Waals surface area contributed by atoms with Gasteiger partial charge in [-0.1, -0.05) is 30.3 Å². The number of amides is 1. The number of Topliss-reactive ketones (excluding diaryl/α,β-unsaturated/α-hetero) is 1. The number of hydrogen-bond donors (Lipinski definition) is 0. The van der Waals surface area contributed by atoms with E-state index < -0.39 is 0 Å². The molecule has 0 spiro atoms.